The number of aliphatic hydroxyl groups is 1. The number of nitrogens with one attached hydrogen (secondary N) is 1. The van der Waals surface area contributed by atoms with Crippen molar-refractivity contribution in [3.8, 4) is 5.88 Å². The highest BCUT2D eigenvalue weighted by Crippen LogP contribution is 2.25. The second-order valence-corrected chi connectivity index (χ2v) is 5.49. The van der Waals surface area contributed by atoms with Crippen LogP contribution < -0.4 is 10.1 Å². The number of pyridine rings is 1. The summed E-state index contributed by atoms with van der Waals surface area (Å²) in [6, 6.07) is 3.68. The SMILES string of the molecule is CC(C)Oc1ccc(CNC(=O)C2CCCC2O)cn1. The molecule has 1 aromatic rings. The maximum Gasteiger partial charge on any atom is 0.225 e. The second kappa shape index (κ2) is 6.70. The van der Waals surface area contributed by atoms with Crippen LogP contribution in [0.15, 0.2) is 18.3 Å². The summed E-state index contributed by atoms with van der Waals surface area (Å²) in [6.07, 6.45) is 3.71. The smallest absolute Gasteiger partial charge is 0.225 e. The van der Waals surface area contributed by atoms with Crippen LogP contribution >= 0.6 is 0 Å². The number of amides is 1. The Morgan fingerprint density at radius 1 is 1.50 bits per heavy atom. The number of hydrogen-bond acceptors (Lipinski definition) is 4. The molecule has 1 aliphatic rings. The van der Waals surface area contributed by atoms with E-state index >= 15 is 0 Å². The van der Waals surface area contributed by atoms with Gasteiger partial charge in [0.25, 0.3) is 0 Å². The molecule has 1 aromatic heterocycles. The maximum absolute atomic E-state index is 11.9. The Labute approximate surface area is 119 Å². The lowest BCUT2D eigenvalue weighted by molar-refractivity contribution is -0.127. The van der Waals surface area contributed by atoms with Crippen molar-refractivity contribution in [2.24, 2.45) is 5.92 Å². The number of ether oxygens (including phenoxy) is 1. The molecule has 1 aliphatic carbocycles. The normalized spacial score (nSPS) is 22.0. The molecule has 2 unspecified atom stereocenters. The third-order valence-electron chi connectivity index (χ3n) is 3.44. The minimum absolute atomic E-state index is 0.0718. The number of carbonyl (C=O) groups excluding carboxylic acids is 1. The molecule has 0 radical (unpaired) electrons. The zero-order chi connectivity index (χ0) is 14.5. The van der Waals surface area contributed by atoms with Crippen molar-refractivity contribution in [2.45, 2.75) is 51.9 Å². The van der Waals surface area contributed by atoms with Crippen molar-refractivity contribution in [1.82, 2.24) is 10.3 Å². The molecule has 5 nitrogen and oxygen atoms in total. The topological polar surface area (TPSA) is 71.5 Å². The third kappa shape index (κ3) is 3.93. The Kier molecular flexibility index (Phi) is 4.95. The number of aromatic nitrogens is 1. The lowest BCUT2D eigenvalue weighted by Crippen LogP contribution is -2.34. The highest BCUT2D eigenvalue weighted by atomic mass is 16.5. The Morgan fingerprint density at radius 2 is 2.30 bits per heavy atom. The van der Waals surface area contributed by atoms with Crippen molar-refractivity contribution in [3.05, 3.63) is 23.9 Å². The maximum atomic E-state index is 11.9. The average Bonchev–Trinajstić information content (AvgIpc) is 2.83. The molecule has 2 rings (SSSR count). The summed E-state index contributed by atoms with van der Waals surface area (Å²) in [5.41, 5.74) is 0.918. The largest absolute Gasteiger partial charge is 0.475 e. The summed E-state index contributed by atoms with van der Waals surface area (Å²) >= 11 is 0. The van der Waals surface area contributed by atoms with E-state index in [9.17, 15) is 9.90 Å². The summed E-state index contributed by atoms with van der Waals surface area (Å²) in [5, 5.41) is 12.5. The van der Waals surface area contributed by atoms with Crippen molar-refractivity contribution >= 4 is 5.91 Å². The Balaban J connectivity index is 1.83. The predicted octanol–water partition coefficient (Wildman–Crippen LogP) is 1.65. The molecule has 0 saturated heterocycles. The third-order valence-corrected chi connectivity index (χ3v) is 3.44. The quantitative estimate of drug-likeness (QED) is 0.859. The van der Waals surface area contributed by atoms with Crippen LogP contribution in [0.5, 0.6) is 5.88 Å². The van der Waals surface area contributed by atoms with Gasteiger partial charge in [0.2, 0.25) is 11.8 Å². The van der Waals surface area contributed by atoms with E-state index in [0.29, 0.717) is 12.4 Å². The number of carbonyl (C=O) groups is 1. The van der Waals surface area contributed by atoms with Crippen LogP contribution in [0.25, 0.3) is 0 Å². The van der Waals surface area contributed by atoms with Gasteiger partial charge in [0.15, 0.2) is 0 Å². The molecule has 110 valence electrons. The van der Waals surface area contributed by atoms with E-state index in [1.165, 1.54) is 0 Å². The van der Waals surface area contributed by atoms with E-state index < -0.39 is 6.10 Å². The van der Waals surface area contributed by atoms with Gasteiger partial charge >= 0.3 is 0 Å². The van der Waals surface area contributed by atoms with Gasteiger partial charge in [-0.1, -0.05) is 6.07 Å². The van der Waals surface area contributed by atoms with E-state index in [1.54, 1.807) is 12.3 Å². The van der Waals surface area contributed by atoms with Gasteiger partial charge in [-0.05, 0) is 38.7 Å². The van der Waals surface area contributed by atoms with Crippen LogP contribution in [0.4, 0.5) is 0 Å². The van der Waals surface area contributed by atoms with Crippen molar-refractivity contribution < 1.29 is 14.6 Å². The number of hydrogen-bond donors (Lipinski definition) is 2. The molecule has 1 heterocycles. The van der Waals surface area contributed by atoms with Crippen molar-refractivity contribution in [3.63, 3.8) is 0 Å². The minimum Gasteiger partial charge on any atom is -0.475 e. The molecule has 1 saturated carbocycles. The lowest BCUT2D eigenvalue weighted by Gasteiger charge is -2.14. The number of rotatable bonds is 5. The molecule has 20 heavy (non-hydrogen) atoms. The van der Waals surface area contributed by atoms with E-state index in [0.717, 1.165) is 24.8 Å². The van der Waals surface area contributed by atoms with Gasteiger partial charge in [-0.3, -0.25) is 4.79 Å². The summed E-state index contributed by atoms with van der Waals surface area (Å²) in [5.74, 6) is 0.255. The fourth-order valence-corrected chi connectivity index (χ4v) is 2.39. The standard InChI is InChI=1S/C15H22N2O3/c1-10(2)20-14-7-6-11(8-16-14)9-17-15(19)12-4-3-5-13(12)18/h6-8,10,12-13,18H,3-5,9H2,1-2H3,(H,17,19). The molecule has 1 amide bonds. The van der Waals surface area contributed by atoms with Crippen molar-refractivity contribution in [2.75, 3.05) is 0 Å². The highest BCUT2D eigenvalue weighted by molar-refractivity contribution is 5.79. The molecule has 0 bridgehead atoms. The van der Waals surface area contributed by atoms with Gasteiger partial charge < -0.3 is 15.2 Å². The van der Waals surface area contributed by atoms with Crippen LogP contribution in [0.1, 0.15) is 38.7 Å². The minimum atomic E-state index is -0.491. The van der Waals surface area contributed by atoms with Crippen LogP contribution in [0.3, 0.4) is 0 Å². The zero-order valence-electron chi connectivity index (χ0n) is 12.0. The van der Waals surface area contributed by atoms with Gasteiger partial charge in [-0.2, -0.15) is 0 Å². The summed E-state index contributed by atoms with van der Waals surface area (Å²) < 4.78 is 5.46. The average molecular weight is 278 g/mol. The number of aliphatic hydroxyl groups excluding tert-OH is 1. The Hall–Kier alpha value is -1.62. The lowest BCUT2D eigenvalue weighted by atomic mass is 10.1. The van der Waals surface area contributed by atoms with Crippen LogP contribution in [-0.2, 0) is 11.3 Å². The Bertz CT molecular complexity index is 445. The molecular weight excluding hydrogens is 256 g/mol. The van der Waals surface area contributed by atoms with Gasteiger partial charge in [-0.25, -0.2) is 4.98 Å². The first-order valence-electron chi connectivity index (χ1n) is 7.13. The van der Waals surface area contributed by atoms with E-state index in [2.05, 4.69) is 10.3 Å². The van der Waals surface area contributed by atoms with E-state index in [1.807, 2.05) is 19.9 Å². The first-order chi connectivity index (χ1) is 9.56. The van der Waals surface area contributed by atoms with Gasteiger partial charge in [0.1, 0.15) is 0 Å². The van der Waals surface area contributed by atoms with E-state index in [-0.39, 0.29) is 17.9 Å². The molecule has 0 aliphatic heterocycles. The van der Waals surface area contributed by atoms with Crippen LogP contribution in [-0.4, -0.2) is 28.2 Å². The molecule has 0 aromatic carbocycles. The van der Waals surface area contributed by atoms with Crippen LogP contribution in [0, 0.1) is 5.92 Å². The molecule has 5 heteroatoms. The van der Waals surface area contributed by atoms with Crippen molar-refractivity contribution in [1.29, 1.82) is 0 Å². The highest BCUT2D eigenvalue weighted by Gasteiger charge is 2.31. The first kappa shape index (κ1) is 14.8. The molecule has 1 fully saturated rings. The summed E-state index contributed by atoms with van der Waals surface area (Å²) in [7, 11) is 0. The second-order valence-electron chi connectivity index (χ2n) is 5.49. The summed E-state index contributed by atoms with van der Waals surface area (Å²) in [4.78, 5) is 16.1. The molecule has 2 atom stereocenters. The molecular formula is C15H22N2O3. The molecule has 0 spiro atoms. The fraction of sp³-hybridized carbons (Fsp3) is 0.600. The zero-order valence-corrected chi connectivity index (χ0v) is 12.0. The van der Waals surface area contributed by atoms with Gasteiger partial charge in [0, 0.05) is 18.8 Å². The number of nitrogens with zero attached hydrogens (tertiary/aromatic N) is 1. The Morgan fingerprint density at radius 3 is 2.85 bits per heavy atom. The fourth-order valence-electron chi connectivity index (χ4n) is 2.39. The molecule has 2 N–H and O–H groups in total. The monoisotopic (exact) mass is 278 g/mol. The van der Waals surface area contributed by atoms with Gasteiger partial charge in [0.05, 0.1) is 18.1 Å². The first-order valence-corrected chi connectivity index (χ1v) is 7.13. The van der Waals surface area contributed by atoms with E-state index in [4.69, 9.17) is 4.74 Å². The summed E-state index contributed by atoms with van der Waals surface area (Å²) in [6.45, 7) is 4.32. The predicted molar refractivity (Wildman–Crippen MR) is 75.2 cm³/mol. The van der Waals surface area contributed by atoms with Crippen LogP contribution in [0.2, 0.25) is 0 Å². The van der Waals surface area contributed by atoms with Gasteiger partial charge in [-0.15, -0.1) is 0 Å².